The Bertz CT molecular complexity index is 1690. The second-order valence-electron chi connectivity index (χ2n) is 11.7. The van der Waals surface area contributed by atoms with Crippen molar-refractivity contribution >= 4 is 41.8 Å². The third-order valence-electron chi connectivity index (χ3n) is 7.38. The molecular weight excluding hydrogens is 690 g/mol. The summed E-state index contributed by atoms with van der Waals surface area (Å²) in [4.78, 5) is 85.1. The van der Waals surface area contributed by atoms with Crippen molar-refractivity contribution in [1.82, 2.24) is 26.6 Å². The highest BCUT2D eigenvalue weighted by molar-refractivity contribution is 5.86. The molecule has 16 nitrogen and oxygen atoms in total. The first kappa shape index (κ1) is 41.0. The normalized spacial score (nSPS) is 12.1. The molecule has 0 aromatic heterocycles. The first-order chi connectivity index (χ1) is 25.4. The summed E-state index contributed by atoms with van der Waals surface area (Å²) in [5.41, 5.74) is 2.10. The third kappa shape index (κ3) is 16.0. The molecule has 0 aliphatic carbocycles. The van der Waals surface area contributed by atoms with E-state index in [1.807, 2.05) is 12.1 Å². The van der Waals surface area contributed by atoms with Gasteiger partial charge in [-0.15, -0.1) is 0 Å². The Labute approximate surface area is 305 Å². The molecule has 0 saturated heterocycles. The summed E-state index contributed by atoms with van der Waals surface area (Å²) in [5.74, 6) is -3.46. The number of hydrogen-bond acceptors (Lipinski definition) is 10. The van der Waals surface area contributed by atoms with Gasteiger partial charge in [-0.25, -0.2) is 19.2 Å². The first-order valence-corrected chi connectivity index (χ1v) is 16.7. The molecule has 0 fully saturated rings. The topological polar surface area (TPSA) is 228 Å². The van der Waals surface area contributed by atoms with E-state index in [1.165, 1.54) is 38.1 Å². The summed E-state index contributed by atoms with van der Waals surface area (Å²) < 4.78 is 15.5. The number of carbonyl (C=O) groups excluding carboxylic acids is 6. The van der Waals surface area contributed by atoms with E-state index >= 15 is 0 Å². The smallest absolute Gasteiger partial charge is 0.408 e. The number of benzene rings is 3. The van der Waals surface area contributed by atoms with E-state index in [1.54, 1.807) is 48.5 Å². The summed E-state index contributed by atoms with van der Waals surface area (Å²) in [6.45, 7) is 2.87. The minimum Gasteiger partial charge on any atom is -0.480 e. The summed E-state index contributed by atoms with van der Waals surface area (Å²) in [6.07, 6.45) is -1.94. The van der Waals surface area contributed by atoms with Crippen LogP contribution < -0.4 is 31.3 Å². The Morgan fingerprint density at radius 2 is 1.11 bits per heavy atom. The van der Waals surface area contributed by atoms with E-state index in [0.717, 1.165) is 11.1 Å². The number of alkyl carbamates (subject to hydrolysis) is 2. The van der Waals surface area contributed by atoms with Gasteiger partial charge in [0, 0.05) is 32.4 Å². The third-order valence-corrected chi connectivity index (χ3v) is 7.38. The Morgan fingerprint density at radius 3 is 1.66 bits per heavy atom. The molecule has 0 heterocycles. The highest BCUT2D eigenvalue weighted by Gasteiger charge is 2.22. The predicted octanol–water partition coefficient (Wildman–Crippen LogP) is 2.35. The standard InChI is InChI=1S/C37H43N5O11/c1-24(40-36(49)51-22-27-9-5-3-6-10-27)33(45)39-20-17-31(43)38-19-18-32(44)42-30(34(46)47)21-26-13-15-29(16-14-26)53-35(48)25(2)41-37(50)52-23-28-11-7-4-8-12-28/h3-16,24-25,30H,17-23H2,1-2H3,(H,38,43)(H,39,45)(H,40,49)(H,41,50)(H,42,44)(H,46,47)/t24-,25-,30-/m0/s1. The van der Waals surface area contributed by atoms with Crippen molar-refractivity contribution < 1.29 is 52.9 Å². The highest BCUT2D eigenvalue weighted by Crippen LogP contribution is 2.15. The molecule has 16 heteroatoms. The number of carbonyl (C=O) groups is 7. The number of nitrogens with one attached hydrogen (secondary N) is 5. The van der Waals surface area contributed by atoms with Crippen LogP contribution in [0.25, 0.3) is 0 Å². The lowest BCUT2D eigenvalue weighted by Gasteiger charge is -2.16. The first-order valence-electron chi connectivity index (χ1n) is 16.7. The van der Waals surface area contributed by atoms with Gasteiger partial charge < -0.3 is 45.9 Å². The van der Waals surface area contributed by atoms with Crippen LogP contribution in [0, 0.1) is 0 Å². The van der Waals surface area contributed by atoms with Crippen molar-refractivity contribution in [3.8, 4) is 5.75 Å². The number of rotatable bonds is 19. The van der Waals surface area contributed by atoms with Crippen LogP contribution in [0.3, 0.4) is 0 Å². The number of ether oxygens (including phenoxy) is 3. The molecule has 282 valence electrons. The lowest BCUT2D eigenvalue weighted by atomic mass is 10.1. The summed E-state index contributed by atoms with van der Waals surface area (Å²) in [7, 11) is 0. The molecule has 3 atom stereocenters. The zero-order valence-electron chi connectivity index (χ0n) is 29.3. The maximum Gasteiger partial charge on any atom is 0.408 e. The van der Waals surface area contributed by atoms with Gasteiger partial charge in [0.1, 0.15) is 37.1 Å². The number of hydrogen-bond donors (Lipinski definition) is 6. The molecule has 0 bridgehead atoms. The van der Waals surface area contributed by atoms with Gasteiger partial charge in [-0.2, -0.15) is 0 Å². The molecule has 3 aromatic carbocycles. The van der Waals surface area contributed by atoms with Crippen LogP contribution in [0.5, 0.6) is 5.75 Å². The van der Waals surface area contributed by atoms with E-state index in [4.69, 9.17) is 14.2 Å². The van der Waals surface area contributed by atoms with Gasteiger partial charge in [-0.1, -0.05) is 72.8 Å². The monoisotopic (exact) mass is 733 g/mol. The van der Waals surface area contributed by atoms with Gasteiger partial charge in [0.2, 0.25) is 17.7 Å². The number of aliphatic carboxylic acids is 1. The number of amides is 5. The summed E-state index contributed by atoms with van der Waals surface area (Å²) in [6, 6.07) is 20.8. The average molecular weight is 734 g/mol. The largest absolute Gasteiger partial charge is 0.480 e. The van der Waals surface area contributed by atoms with E-state index in [9.17, 15) is 38.7 Å². The molecule has 3 aromatic rings. The minimum atomic E-state index is -1.28. The van der Waals surface area contributed by atoms with Crippen molar-refractivity contribution in [2.24, 2.45) is 0 Å². The molecule has 53 heavy (non-hydrogen) atoms. The van der Waals surface area contributed by atoms with E-state index in [2.05, 4.69) is 26.6 Å². The van der Waals surface area contributed by atoms with Gasteiger partial charge in [-0.3, -0.25) is 14.4 Å². The van der Waals surface area contributed by atoms with E-state index in [-0.39, 0.29) is 51.3 Å². The van der Waals surface area contributed by atoms with Crippen LogP contribution in [0.2, 0.25) is 0 Å². The van der Waals surface area contributed by atoms with Crippen LogP contribution >= 0.6 is 0 Å². The van der Waals surface area contributed by atoms with Crippen LogP contribution in [0.4, 0.5) is 9.59 Å². The molecule has 0 radical (unpaired) electrons. The molecule has 3 rings (SSSR count). The van der Waals surface area contributed by atoms with Gasteiger partial charge in [0.05, 0.1) is 0 Å². The van der Waals surface area contributed by atoms with E-state index < -0.39 is 60.0 Å². The van der Waals surface area contributed by atoms with Crippen LogP contribution in [0.15, 0.2) is 84.9 Å². The lowest BCUT2D eigenvalue weighted by Crippen LogP contribution is -2.45. The van der Waals surface area contributed by atoms with Crippen molar-refractivity contribution in [2.75, 3.05) is 13.1 Å². The van der Waals surface area contributed by atoms with Crippen molar-refractivity contribution in [1.29, 1.82) is 0 Å². The fourth-order valence-electron chi connectivity index (χ4n) is 4.46. The van der Waals surface area contributed by atoms with Gasteiger partial charge in [-0.05, 0) is 42.7 Å². The van der Waals surface area contributed by atoms with Gasteiger partial charge in [0.15, 0.2) is 0 Å². The average Bonchev–Trinajstić information content (AvgIpc) is 3.14. The molecule has 0 spiro atoms. The predicted molar refractivity (Wildman–Crippen MR) is 189 cm³/mol. The van der Waals surface area contributed by atoms with Gasteiger partial charge in [0.25, 0.3) is 0 Å². The van der Waals surface area contributed by atoms with Crippen LogP contribution in [0.1, 0.15) is 43.4 Å². The second kappa shape index (κ2) is 21.7. The lowest BCUT2D eigenvalue weighted by molar-refractivity contribution is -0.141. The molecule has 6 N–H and O–H groups in total. The minimum absolute atomic E-state index is 0.0270. The molecule has 0 saturated carbocycles. The molecule has 5 amide bonds. The Balaban J connectivity index is 1.30. The zero-order valence-corrected chi connectivity index (χ0v) is 29.3. The van der Waals surface area contributed by atoms with Crippen LogP contribution in [-0.4, -0.2) is 78.2 Å². The summed E-state index contributed by atoms with van der Waals surface area (Å²) in [5, 5.41) is 21.9. The van der Waals surface area contributed by atoms with Crippen LogP contribution in [-0.2, 0) is 53.1 Å². The van der Waals surface area contributed by atoms with Crippen molar-refractivity contribution in [3.05, 3.63) is 102 Å². The van der Waals surface area contributed by atoms with E-state index in [0.29, 0.717) is 5.56 Å². The SMILES string of the molecule is C[C@H](NC(=O)OCc1ccccc1)C(=O)NCCC(=O)NCCC(=O)N[C@@H](Cc1ccc(OC(=O)[C@H](C)NC(=O)OCc2ccccc2)cc1)C(=O)O. The van der Waals surface area contributed by atoms with Crippen molar-refractivity contribution in [2.45, 2.75) is 64.4 Å². The quantitative estimate of drug-likeness (QED) is 0.0774. The molecule has 0 unspecified atom stereocenters. The number of carboxylic acid groups (broad SMARTS) is 1. The molecule has 0 aliphatic rings. The number of esters is 1. The second-order valence-corrected chi connectivity index (χ2v) is 11.7. The molecular formula is C37H43N5O11. The fraction of sp³-hybridized carbons (Fsp3) is 0.324. The summed E-state index contributed by atoms with van der Waals surface area (Å²) >= 11 is 0. The maximum absolute atomic E-state index is 12.4. The highest BCUT2D eigenvalue weighted by atomic mass is 16.6. The fourth-order valence-corrected chi connectivity index (χ4v) is 4.46. The van der Waals surface area contributed by atoms with Crippen molar-refractivity contribution in [3.63, 3.8) is 0 Å². The number of carboxylic acids is 1. The Kier molecular flexibility index (Phi) is 16.8. The Hall–Kier alpha value is -6.45. The molecule has 0 aliphatic heterocycles. The zero-order chi connectivity index (χ0) is 38.6. The van der Waals surface area contributed by atoms with Gasteiger partial charge >= 0.3 is 24.1 Å². The Morgan fingerprint density at radius 1 is 0.604 bits per heavy atom. The maximum atomic E-state index is 12.4.